The van der Waals surface area contributed by atoms with E-state index in [1.54, 1.807) is 18.6 Å². The quantitative estimate of drug-likeness (QED) is 0.694. The molecule has 6 nitrogen and oxygen atoms in total. The second-order valence-corrected chi connectivity index (χ2v) is 5.96. The summed E-state index contributed by atoms with van der Waals surface area (Å²) in [5.74, 6) is 0.503. The van der Waals surface area contributed by atoms with Gasteiger partial charge in [0, 0.05) is 41.9 Å². The van der Waals surface area contributed by atoms with Gasteiger partial charge in [0.15, 0.2) is 0 Å². The van der Waals surface area contributed by atoms with E-state index in [1.165, 1.54) is 0 Å². The van der Waals surface area contributed by atoms with E-state index in [2.05, 4.69) is 25.6 Å². The van der Waals surface area contributed by atoms with Crippen LogP contribution in [0.3, 0.4) is 0 Å². The van der Waals surface area contributed by atoms with Crippen molar-refractivity contribution in [3.05, 3.63) is 60.6 Å². The fourth-order valence-electron chi connectivity index (χ4n) is 2.50. The molecule has 0 atom stereocenters. The average Bonchev–Trinajstić information content (AvgIpc) is 2.66. The summed E-state index contributed by atoms with van der Waals surface area (Å²) in [6.45, 7) is 3.97. The molecule has 0 unspecified atom stereocenters. The average molecular weight is 347 g/mol. The Labute approximate surface area is 152 Å². The van der Waals surface area contributed by atoms with Gasteiger partial charge in [-0.3, -0.25) is 9.78 Å². The molecule has 0 saturated heterocycles. The van der Waals surface area contributed by atoms with Gasteiger partial charge in [-0.05, 0) is 49.2 Å². The second kappa shape index (κ2) is 8.20. The van der Waals surface area contributed by atoms with Gasteiger partial charge < -0.3 is 10.6 Å². The van der Waals surface area contributed by atoms with Gasteiger partial charge >= 0.3 is 0 Å². The molecule has 0 fully saturated rings. The van der Waals surface area contributed by atoms with Crippen LogP contribution in [-0.2, 0) is 4.79 Å². The Balaban J connectivity index is 1.81. The monoisotopic (exact) mass is 347 g/mol. The Morgan fingerprint density at radius 2 is 2.04 bits per heavy atom. The lowest BCUT2D eigenvalue weighted by Crippen LogP contribution is -2.11. The number of rotatable bonds is 6. The van der Waals surface area contributed by atoms with Crippen molar-refractivity contribution in [2.45, 2.75) is 26.7 Å². The normalized spacial score (nSPS) is 10.4. The maximum absolute atomic E-state index is 11.8. The van der Waals surface area contributed by atoms with Crippen LogP contribution in [0.25, 0.3) is 11.3 Å². The molecule has 0 spiro atoms. The molecule has 132 valence electrons. The third kappa shape index (κ3) is 4.42. The molecular formula is C20H21N5O. The van der Waals surface area contributed by atoms with Crippen LogP contribution in [0.5, 0.6) is 0 Å². The summed E-state index contributed by atoms with van der Waals surface area (Å²) in [5.41, 5.74) is 4.35. The molecule has 26 heavy (non-hydrogen) atoms. The third-order valence-electron chi connectivity index (χ3n) is 3.86. The van der Waals surface area contributed by atoms with Gasteiger partial charge in [0.1, 0.15) is 0 Å². The van der Waals surface area contributed by atoms with E-state index in [4.69, 9.17) is 0 Å². The lowest BCUT2D eigenvalue weighted by Gasteiger charge is -2.12. The second-order valence-electron chi connectivity index (χ2n) is 5.96. The minimum atomic E-state index is 0.0112. The van der Waals surface area contributed by atoms with Crippen molar-refractivity contribution in [1.82, 2.24) is 15.0 Å². The van der Waals surface area contributed by atoms with Crippen LogP contribution < -0.4 is 10.6 Å². The molecule has 3 rings (SSSR count). The molecular weight excluding hydrogens is 326 g/mol. The summed E-state index contributed by atoms with van der Waals surface area (Å²) in [4.78, 5) is 24.8. The van der Waals surface area contributed by atoms with Crippen LogP contribution >= 0.6 is 0 Å². The molecule has 0 aliphatic heterocycles. The molecule has 0 saturated carbocycles. The van der Waals surface area contributed by atoms with Crippen LogP contribution in [0.2, 0.25) is 0 Å². The first-order chi connectivity index (χ1) is 12.7. The van der Waals surface area contributed by atoms with Crippen molar-refractivity contribution in [3.63, 3.8) is 0 Å². The van der Waals surface area contributed by atoms with E-state index in [0.717, 1.165) is 34.6 Å². The van der Waals surface area contributed by atoms with E-state index in [-0.39, 0.29) is 5.91 Å². The molecule has 0 aliphatic rings. The van der Waals surface area contributed by atoms with Crippen molar-refractivity contribution >= 4 is 23.2 Å². The number of amides is 1. The van der Waals surface area contributed by atoms with Crippen LogP contribution in [0.4, 0.5) is 17.3 Å². The predicted octanol–water partition coefficient (Wildman–Crippen LogP) is 4.33. The van der Waals surface area contributed by atoms with E-state index in [1.807, 2.05) is 50.2 Å². The van der Waals surface area contributed by atoms with Gasteiger partial charge in [0.25, 0.3) is 0 Å². The predicted molar refractivity (Wildman–Crippen MR) is 103 cm³/mol. The van der Waals surface area contributed by atoms with Crippen molar-refractivity contribution < 1.29 is 4.79 Å². The van der Waals surface area contributed by atoms with Crippen molar-refractivity contribution in [2.75, 3.05) is 10.6 Å². The summed E-state index contributed by atoms with van der Waals surface area (Å²) < 4.78 is 0. The Hall–Kier alpha value is -3.28. The lowest BCUT2D eigenvalue weighted by atomic mass is 10.1. The first kappa shape index (κ1) is 17.5. The number of pyridine rings is 1. The minimum Gasteiger partial charge on any atom is -0.326 e. The molecule has 0 radical (unpaired) electrons. The molecule has 3 aromatic rings. The summed E-state index contributed by atoms with van der Waals surface area (Å²) >= 11 is 0. The lowest BCUT2D eigenvalue weighted by molar-refractivity contribution is -0.116. The smallest absolute Gasteiger partial charge is 0.227 e. The molecule has 1 amide bonds. The summed E-state index contributed by atoms with van der Waals surface area (Å²) in [5, 5.41) is 6.14. The van der Waals surface area contributed by atoms with Crippen molar-refractivity contribution in [2.24, 2.45) is 0 Å². The van der Waals surface area contributed by atoms with E-state index >= 15 is 0 Å². The molecule has 2 heterocycles. The third-order valence-corrected chi connectivity index (χ3v) is 3.86. The number of carbonyl (C=O) groups is 1. The van der Waals surface area contributed by atoms with Crippen LogP contribution in [0, 0.1) is 6.92 Å². The standard InChI is InChI=1S/C20H21N5O/c1-3-5-19(26)23-16-8-7-14(2)18(12-16)25-20-22-11-9-17(24-20)15-6-4-10-21-13-15/h4,6-13H,3,5H2,1-2H3,(H,23,26)(H,22,24,25). The van der Waals surface area contributed by atoms with Gasteiger partial charge in [0.2, 0.25) is 11.9 Å². The highest BCUT2D eigenvalue weighted by Crippen LogP contribution is 2.24. The largest absolute Gasteiger partial charge is 0.326 e. The fourth-order valence-corrected chi connectivity index (χ4v) is 2.50. The van der Waals surface area contributed by atoms with Gasteiger partial charge in [-0.15, -0.1) is 0 Å². The minimum absolute atomic E-state index is 0.0112. The number of benzene rings is 1. The van der Waals surface area contributed by atoms with Gasteiger partial charge in [0.05, 0.1) is 5.69 Å². The molecule has 0 aliphatic carbocycles. The van der Waals surface area contributed by atoms with Crippen LogP contribution in [0.15, 0.2) is 55.0 Å². The van der Waals surface area contributed by atoms with Crippen molar-refractivity contribution in [1.29, 1.82) is 0 Å². The molecule has 6 heteroatoms. The highest BCUT2D eigenvalue weighted by molar-refractivity contribution is 5.91. The number of carbonyl (C=O) groups excluding carboxylic acids is 1. The zero-order valence-electron chi connectivity index (χ0n) is 14.9. The number of nitrogens with one attached hydrogen (secondary N) is 2. The Morgan fingerprint density at radius 1 is 1.15 bits per heavy atom. The Morgan fingerprint density at radius 3 is 2.81 bits per heavy atom. The SMILES string of the molecule is CCCC(=O)Nc1ccc(C)c(Nc2nccc(-c3cccnc3)n2)c1. The number of aromatic nitrogens is 3. The summed E-state index contributed by atoms with van der Waals surface area (Å²) in [6.07, 6.45) is 6.53. The summed E-state index contributed by atoms with van der Waals surface area (Å²) in [7, 11) is 0. The molecule has 2 aromatic heterocycles. The number of hydrogen-bond donors (Lipinski definition) is 2. The number of anilines is 3. The fraction of sp³-hybridized carbons (Fsp3) is 0.200. The topological polar surface area (TPSA) is 79.8 Å². The van der Waals surface area contributed by atoms with Gasteiger partial charge in [-0.2, -0.15) is 0 Å². The number of hydrogen-bond acceptors (Lipinski definition) is 5. The first-order valence-electron chi connectivity index (χ1n) is 8.56. The molecule has 2 N–H and O–H groups in total. The highest BCUT2D eigenvalue weighted by Gasteiger charge is 2.07. The van der Waals surface area contributed by atoms with Crippen LogP contribution in [-0.4, -0.2) is 20.9 Å². The van der Waals surface area contributed by atoms with E-state index < -0.39 is 0 Å². The zero-order chi connectivity index (χ0) is 18.4. The van der Waals surface area contributed by atoms with Crippen LogP contribution in [0.1, 0.15) is 25.3 Å². The maximum atomic E-state index is 11.8. The van der Waals surface area contributed by atoms with E-state index in [0.29, 0.717) is 12.4 Å². The Bertz CT molecular complexity index is 896. The first-order valence-corrected chi connectivity index (χ1v) is 8.56. The molecule has 1 aromatic carbocycles. The maximum Gasteiger partial charge on any atom is 0.227 e. The van der Waals surface area contributed by atoms with E-state index in [9.17, 15) is 4.79 Å². The Kier molecular flexibility index (Phi) is 5.53. The highest BCUT2D eigenvalue weighted by atomic mass is 16.1. The molecule has 0 bridgehead atoms. The van der Waals surface area contributed by atoms with Crippen molar-refractivity contribution in [3.8, 4) is 11.3 Å². The zero-order valence-corrected chi connectivity index (χ0v) is 14.9. The van der Waals surface area contributed by atoms with Gasteiger partial charge in [-0.1, -0.05) is 13.0 Å². The van der Waals surface area contributed by atoms with Gasteiger partial charge in [-0.25, -0.2) is 9.97 Å². The summed E-state index contributed by atoms with van der Waals surface area (Å²) in [6, 6.07) is 11.4. The number of aryl methyl sites for hydroxylation is 1. The number of nitrogens with zero attached hydrogens (tertiary/aromatic N) is 3.